The normalized spacial score (nSPS) is 29.9. The van der Waals surface area contributed by atoms with Crippen LogP contribution in [0.2, 0.25) is 0 Å². The van der Waals surface area contributed by atoms with Crippen LogP contribution in [-0.4, -0.2) is 46.2 Å². The number of carbonyl (C=O) groups excluding carboxylic acids is 2. The predicted octanol–water partition coefficient (Wildman–Crippen LogP) is 1.33. The maximum absolute atomic E-state index is 11.6. The number of ketones is 2. The van der Waals surface area contributed by atoms with Crippen LogP contribution in [0, 0.1) is 16.7 Å². The van der Waals surface area contributed by atoms with Crippen molar-refractivity contribution < 1.29 is 24.9 Å². The van der Waals surface area contributed by atoms with E-state index in [1.165, 1.54) is 20.3 Å². The smallest absolute Gasteiger partial charge is 0.155 e. The Morgan fingerprint density at radius 2 is 1.76 bits per heavy atom. The van der Waals surface area contributed by atoms with Crippen molar-refractivity contribution in [3.8, 4) is 0 Å². The molecule has 5 nitrogen and oxygen atoms in total. The van der Waals surface area contributed by atoms with Crippen LogP contribution in [0.3, 0.4) is 0 Å². The van der Waals surface area contributed by atoms with Crippen LogP contribution in [-0.2, 0) is 9.59 Å². The number of rotatable bonds is 2. The highest BCUT2D eigenvalue weighted by molar-refractivity contribution is 5.89. The standard InChI is InChI=1S/C10H16O.C3H8O2.C3H6O2/c1-9(2)7-4-5-10(9,3)8(11)6-7;2*1-3(5)2-4/h7H,4-6H2,1-3H3;3-5H,2H2,1H3;4H,2H2,1H3. The Morgan fingerprint density at radius 1 is 1.33 bits per heavy atom. The summed E-state index contributed by atoms with van der Waals surface area (Å²) in [5, 5.41) is 23.8. The molecule has 2 bridgehead atoms. The van der Waals surface area contributed by atoms with E-state index in [4.69, 9.17) is 15.3 Å². The molecule has 3 unspecified atom stereocenters. The van der Waals surface area contributed by atoms with E-state index in [0.717, 1.165) is 12.8 Å². The van der Waals surface area contributed by atoms with Gasteiger partial charge in [-0.25, -0.2) is 0 Å². The van der Waals surface area contributed by atoms with Gasteiger partial charge in [-0.3, -0.25) is 9.59 Å². The molecule has 0 heterocycles. The van der Waals surface area contributed by atoms with Crippen molar-refractivity contribution in [2.45, 2.75) is 60.0 Å². The van der Waals surface area contributed by atoms with Crippen molar-refractivity contribution in [2.24, 2.45) is 16.7 Å². The average molecular weight is 302 g/mol. The topological polar surface area (TPSA) is 94.8 Å². The van der Waals surface area contributed by atoms with E-state index < -0.39 is 6.10 Å². The summed E-state index contributed by atoms with van der Waals surface area (Å²) >= 11 is 0. The molecule has 0 spiro atoms. The molecule has 0 aromatic carbocycles. The quantitative estimate of drug-likeness (QED) is 0.715. The third kappa shape index (κ3) is 4.87. The van der Waals surface area contributed by atoms with Gasteiger partial charge in [-0.15, -0.1) is 0 Å². The second-order valence-corrected chi connectivity index (χ2v) is 6.81. The third-order valence-electron chi connectivity index (χ3n) is 4.97. The van der Waals surface area contributed by atoms with E-state index in [2.05, 4.69) is 20.8 Å². The summed E-state index contributed by atoms with van der Waals surface area (Å²) in [5.74, 6) is 1.00. The molecule has 0 aromatic rings. The molecule has 2 saturated carbocycles. The van der Waals surface area contributed by atoms with E-state index in [-0.39, 0.29) is 29.8 Å². The molecule has 21 heavy (non-hydrogen) atoms. The van der Waals surface area contributed by atoms with Gasteiger partial charge in [0, 0.05) is 11.8 Å². The number of fused-ring (bicyclic) bond motifs is 2. The van der Waals surface area contributed by atoms with Crippen LogP contribution in [0.25, 0.3) is 0 Å². The van der Waals surface area contributed by atoms with Gasteiger partial charge in [0.1, 0.15) is 12.4 Å². The van der Waals surface area contributed by atoms with Crippen molar-refractivity contribution in [2.75, 3.05) is 13.2 Å². The summed E-state index contributed by atoms with van der Waals surface area (Å²) in [5.41, 5.74) is 0.307. The summed E-state index contributed by atoms with van der Waals surface area (Å²) in [4.78, 5) is 21.1. The Balaban J connectivity index is 0.000000340. The Bertz CT molecular complexity index is 362. The molecule has 2 rings (SSSR count). The Hall–Kier alpha value is -0.780. The SMILES string of the molecule is CC(=O)CO.CC(O)CO.CC12CCC(CC1=O)C2(C)C. The lowest BCUT2D eigenvalue weighted by Gasteiger charge is -2.32. The first-order valence-corrected chi connectivity index (χ1v) is 7.45. The van der Waals surface area contributed by atoms with Crippen LogP contribution in [0.5, 0.6) is 0 Å². The molecular weight excluding hydrogens is 272 g/mol. The summed E-state index contributed by atoms with van der Waals surface area (Å²) in [6.45, 7) is 9.06. The maximum Gasteiger partial charge on any atom is 0.155 e. The zero-order chi connectivity index (χ0) is 16.8. The van der Waals surface area contributed by atoms with Crippen LogP contribution < -0.4 is 0 Å². The minimum absolute atomic E-state index is 0.0255. The Labute approximate surface area is 127 Å². The molecule has 0 radical (unpaired) electrons. The van der Waals surface area contributed by atoms with Gasteiger partial charge in [0.2, 0.25) is 0 Å². The molecule has 0 saturated heterocycles. The lowest BCUT2D eigenvalue weighted by atomic mass is 9.70. The van der Waals surface area contributed by atoms with Gasteiger partial charge in [-0.1, -0.05) is 20.8 Å². The summed E-state index contributed by atoms with van der Waals surface area (Å²) in [6.07, 6.45) is 2.69. The molecule has 3 atom stereocenters. The van der Waals surface area contributed by atoms with Gasteiger partial charge in [-0.05, 0) is 38.0 Å². The minimum Gasteiger partial charge on any atom is -0.394 e. The molecule has 2 fully saturated rings. The molecule has 124 valence electrons. The number of aliphatic hydroxyl groups excluding tert-OH is 3. The molecule has 2 aliphatic rings. The van der Waals surface area contributed by atoms with Gasteiger partial charge < -0.3 is 15.3 Å². The summed E-state index contributed by atoms with van der Waals surface area (Å²) in [6, 6.07) is 0. The lowest BCUT2D eigenvalue weighted by molar-refractivity contribution is -0.128. The van der Waals surface area contributed by atoms with Crippen LogP contribution in [0.1, 0.15) is 53.9 Å². The van der Waals surface area contributed by atoms with Crippen molar-refractivity contribution in [1.82, 2.24) is 0 Å². The molecule has 0 amide bonds. The van der Waals surface area contributed by atoms with Gasteiger partial charge in [0.25, 0.3) is 0 Å². The van der Waals surface area contributed by atoms with Crippen molar-refractivity contribution in [1.29, 1.82) is 0 Å². The van der Waals surface area contributed by atoms with Gasteiger partial charge in [-0.2, -0.15) is 0 Å². The maximum atomic E-state index is 11.6. The zero-order valence-electron chi connectivity index (χ0n) is 13.8. The largest absolute Gasteiger partial charge is 0.394 e. The fourth-order valence-electron chi connectivity index (χ4n) is 2.90. The van der Waals surface area contributed by atoms with E-state index in [1.54, 1.807) is 0 Å². The van der Waals surface area contributed by atoms with E-state index in [9.17, 15) is 9.59 Å². The average Bonchev–Trinajstić information content (AvgIpc) is 2.73. The molecule has 2 aliphatic carbocycles. The first-order chi connectivity index (χ1) is 9.52. The Kier molecular flexibility index (Phi) is 7.71. The van der Waals surface area contributed by atoms with Crippen molar-refractivity contribution in [3.05, 3.63) is 0 Å². The first kappa shape index (κ1) is 20.2. The second-order valence-electron chi connectivity index (χ2n) is 6.81. The van der Waals surface area contributed by atoms with Gasteiger partial charge >= 0.3 is 0 Å². The fraction of sp³-hybridized carbons (Fsp3) is 0.875. The fourth-order valence-corrected chi connectivity index (χ4v) is 2.90. The Morgan fingerprint density at radius 3 is 1.86 bits per heavy atom. The molecule has 3 N–H and O–H groups in total. The first-order valence-electron chi connectivity index (χ1n) is 7.45. The zero-order valence-corrected chi connectivity index (χ0v) is 13.8. The van der Waals surface area contributed by atoms with E-state index in [0.29, 0.717) is 11.7 Å². The van der Waals surface area contributed by atoms with Gasteiger partial charge in [0.05, 0.1) is 12.7 Å². The number of Topliss-reactive ketones (excluding diaryl/α,β-unsaturated/α-hetero) is 2. The molecule has 0 aromatic heterocycles. The lowest BCUT2D eigenvalue weighted by Crippen LogP contribution is -2.32. The van der Waals surface area contributed by atoms with Gasteiger partial charge in [0.15, 0.2) is 5.78 Å². The minimum atomic E-state index is -0.560. The van der Waals surface area contributed by atoms with E-state index >= 15 is 0 Å². The van der Waals surface area contributed by atoms with Crippen molar-refractivity contribution in [3.63, 3.8) is 0 Å². The summed E-state index contributed by atoms with van der Waals surface area (Å²) in [7, 11) is 0. The molecular formula is C16H30O5. The monoisotopic (exact) mass is 302 g/mol. The molecule has 0 aliphatic heterocycles. The number of hydrogen-bond acceptors (Lipinski definition) is 5. The van der Waals surface area contributed by atoms with E-state index in [1.807, 2.05) is 0 Å². The third-order valence-corrected chi connectivity index (χ3v) is 4.97. The highest BCUT2D eigenvalue weighted by Crippen LogP contribution is 2.63. The highest BCUT2D eigenvalue weighted by atomic mass is 16.3. The summed E-state index contributed by atoms with van der Waals surface area (Å²) < 4.78 is 0. The number of aliphatic hydroxyl groups is 3. The number of hydrogen-bond donors (Lipinski definition) is 3. The molecule has 5 heteroatoms. The second kappa shape index (κ2) is 8.01. The van der Waals surface area contributed by atoms with Crippen LogP contribution in [0.15, 0.2) is 0 Å². The van der Waals surface area contributed by atoms with Crippen molar-refractivity contribution >= 4 is 11.6 Å². The number of carbonyl (C=O) groups is 2. The predicted molar refractivity (Wildman–Crippen MR) is 80.8 cm³/mol. The van der Waals surface area contributed by atoms with Crippen LogP contribution >= 0.6 is 0 Å². The highest BCUT2D eigenvalue weighted by Gasteiger charge is 2.61. The van der Waals surface area contributed by atoms with Crippen LogP contribution in [0.4, 0.5) is 0 Å².